The summed E-state index contributed by atoms with van der Waals surface area (Å²) in [6.07, 6.45) is 8.41. The van der Waals surface area contributed by atoms with E-state index in [9.17, 15) is 0 Å². The fourth-order valence-corrected chi connectivity index (χ4v) is 3.81. The Morgan fingerprint density at radius 2 is 1.95 bits per heavy atom. The van der Waals surface area contributed by atoms with E-state index < -0.39 is 0 Å². The molecule has 0 bridgehead atoms. The lowest BCUT2D eigenvalue weighted by Gasteiger charge is -2.40. The summed E-state index contributed by atoms with van der Waals surface area (Å²) in [4.78, 5) is 15.1. The first kappa shape index (κ1) is 14.2. The number of rotatable bonds is 5. The number of nitrogens with one attached hydrogen (secondary N) is 1. The maximum atomic E-state index is 6.03. The van der Waals surface area contributed by atoms with Crippen molar-refractivity contribution in [3.63, 3.8) is 0 Å². The summed E-state index contributed by atoms with van der Waals surface area (Å²) in [5, 5.41) is 3.62. The molecular weight excluding hydrogens is 294 g/mol. The Morgan fingerprint density at radius 1 is 1.20 bits per heavy atom. The second-order valence-corrected chi connectivity index (χ2v) is 7.13. The molecule has 0 radical (unpaired) electrons. The van der Waals surface area contributed by atoms with E-state index in [1.165, 1.54) is 32.1 Å². The molecule has 2 aliphatic rings. The van der Waals surface area contributed by atoms with Crippen LogP contribution in [0.25, 0.3) is 0 Å². The highest BCUT2D eigenvalue weighted by atomic mass is 35.5. The lowest BCUT2D eigenvalue weighted by atomic mass is 9.84. The molecule has 1 aliphatic heterocycles. The molecule has 1 aliphatic carbocycles. The van der Waals surface area contributed by atoms with Crippen LogP contribution in [0.3, 0.4) is 0 Å². The second kappa shape index (κ2) is 5.93. The minimum atomic E-state index is 0.274. The second-order valence-electron chi connectivity index (χ2n) is 5.52. The topological polar surface area (TPSA) is 53.9 Å². The number of halogens is 1. The first-order chi connectivity index (χ1) is 9.71. The zero-order chi connectivity index (χ0) is 14.0. The van der Waals surface area contributed by atoms with Gasteiger partial charge in [0.15, 0.2) is 0 Å². The van der Waals surface area contributed by atoms with Gasteiger partial charge in [0, 0.05) is 24.4 Å². The minimum Gasteiger partial charge on any atom is -0.353 e. The molecule has 5 nitrogen and oxygen atoms in total. The fraction of sp³-hybridized carbons (Fsp3) is 0.769. The highest BCUT2D eigenvalue weighted by Gasteiger charge is 2.36. The minimum absolute atomic E-state index is 0.274. The predicted octanol–water partition coefficient (Wildman–Crippen LogP) is 2.82. The number of anilines is 2. The summed E-state index contributed by atoms with van der Waals surface area (Å²) in [6.45, 7) is 2.91. The van der Waals surface area contributed by atoms with Gasteiger partial charge in [0.2, 0.25) is 17.2 Å². The van der Waals surface area contributed by atoms with Crippen molar-refractivity contribution < 1.29 is 0 Å². The van der Waals surface area contributed by atoms with Crippen LogP contribution in [-0.4, -0.2) is 45.6 Å². The largest absolute Gasteiger partial charge is 0.353 e. The number of hydrogen-bond acceptors (Lipinski definition) is 6. The molecule has 0 amide bonds. The van der Waals surface area contributed by atoms with Gasteiger partial charge < -0.3 is 10.2 Å². The van der Waals surface area contributed by atoms with Crippen LogP contribution in [0, 0.1) is 0 Å². The highest BCUT2D eigenvalue weighted by Crippen LogP contribution is 2.42. The van der Waals surface area contributed by atoms with Crippen molar-refractivity contribution in [3.8, 4) is 0 Å². The van der Waals surface area contributed by atoms with Crippen LogP contribution in [0.2, 0.25) is 5.28 Å². The van der Waals surface area contributed by atoms with Crippen LogP contribution < -0.4 is 10.2 Å². The molecule has 1 N–H and O–H groups in total. The van der Waals surface area contributed by atoms with Gasteiger partial charge in [-0.25, -0.2) is 0 Å². The van der Waals surface area contributed by atoms with Crippen molar-refractivity contribution in [2.24, 2.45) is 0 Å². The standard InChI is InChI=1S/C13H20ClN5S/c1-20-13(5-4-6-13)9-15-11-16-10(14)17-12(18-11)19-7-2-3-8-19/h2-9H2,1H3,(H,15,16,17,18). The van der Waals surface area contributed by atoms with Crippen LogP contribution in [0.15, 0.2) is 0 Å². The van der Waals surface area contributed by atoms with Crippen molar-refractivity contribution in [1.82, 2.24) is 15.0 Å². The van der Waals surface area contributed by atoms with Gasteiger partial charge >= 0.3 is 0 Å². The van der Waals surface area contributed by atoms with Gasteiger partial charge in [-0.2, -0.15) is 26.7 Å². The summed E-state index contributed by atoms with van der Waals surface area (Å²) in [7, 11) is 0. The molecule has 0 unspecified atom stereocenters. The van der Waals surface area contributed by atoms with Crippen molar-refractivity contribution in [3.05, 3.63) is 5.28 Å². The van der Waals surface area contributed by atoms with Gasteiger partial charge in [0.25, 0.3) is 0 Å². The molecule has 0 aromatic carbocycles. The van der Waals surface area contributed by atoms with E-state index in [0.717, 1.165) is 19.6 Å². The molecule has 3 rings (SSSR count). The molecule has 1 saturated carbocycles. The van der Waals surface area contributed by atoms with Crippen molar-refractivity contribution in [1.29, 1.82) is 0 Å². The Labute approximate surface area is 128 Å². The Morgan fingerprint density at radius 3 is 2.55 bits per heavy atom. The SMILES string of the molecule is CSC1(CNc2nc(Cl)nc(N3CCCC3)n2)CCC1. The van der Waals surface area contributed by atoms with E-state index in [-0.39, 0.29) is 5.28 Å². The van der Waals surface area contributed by atoms with Crippen LogP contribution in [0.4, 0.5) is 11.9 Å². The number of aromatic nitrogens is 3. The predicted molar refractivity (Wildman–Crippen MR) is 84.9 cm³/mol. The highest BCUT2D eigenvalue weighted by molar-refractivity contribution is 8.00. The van der Waals surface area contributed by atoms with E-state index in [2.05, 4.69) is 31.4 Å². The lowest BCUT2D eigenvalue weighted by molar-refractivity contribution is 0.379. The first-order valence-electron chi connectivity index (χ1n) is 7.16. The van der Waals surface area contributed by atoms with Gasteiger partial charge in [-0.1, -0.05) is 6.42 Å². The van der Waals surface area contributed by atoms with Gasteiger partial charge in [-0.3, -0.25) is 0 Å². The summed E-state index contributed by atoms with van der Waals surface area (Å²) in [5.74, 6) is 1.31. The maximum Gasteiger partial charge on any atom is 0.231 e. The Balaban J connectivity index is 1.69. The summed E-state index contributed by atoms with van der Waals surface area (Å²) >= 11 is 7.96. The number of thioether (sulfide) groups is 1. The van der Waals surface area contributed by atoms with Crippen LogP contribution in [-0.2, 0) is 0 Å². The normalized spacial score (nSPS) is 20.8. The van der Waals surface area contributed by atoms with E-state index in [4.69, 9.17) is 11.6 Å². The molecule has 7 heteroatoms. The summed E-state index contributed by atoms with van der Waals surface area (Å²) in [6, 6.07) is 0. The molecule has 110 valence electrons. The zero-order valence-corrected chi connectivity index (χ0v) is 13.3. The Bertz CT molecular complexity index is 468. The van der Waals surface area contributed by atoms with E-state index in [1.54, 1.807) is 0 Å². The molecule has 1 aromatic heterocycles. The Kier molecular flexibility index (Phi) is 4.21. The third-order valence-electron chi connectivity index (χ3n) is 4.25. The van der Waals surface area contributed by atoms with Gasteiger partial charge in [-0.05, 0) is 43.5 Å². The monoisotopic (exact) mass is 313 g/mol. The van der Waals surface area contributed by atoms with Gasteiger partial charge in [0.1, 0.15) is 0 Å². The Hall–Kier alpha value is -0.750. The molecule has 20 heavy (non-hydrogen) atoms. The number of nitrogens with zero attached hydrogens (tertiary/aromatic N) is 4. The van der Waals surface area contributed by atoms with E-state index in [1.807, 2.05) is 11.8 Å². The van der Waals surface area contributed by atoms with E-state index in [0.29, 0.717) is 16.6 Å². The van der Waals surface area contributed by atoms with Crippen LogP contribution in [0.5, 0.6) is 0 Å². The maximum absolute atomic E-state index is 6.03. The first-order valence-corrected chi connectivity index (χ1v) is 8.77. The van der Waals surface area contributed by atoms with Crippen LogP contribution >= 0.6 is 23.4 Å². The molecule has 0 spiro atoms. The smallest absolute Gasteiger partial charge is 0.231 e. The average Bonchev–Trinajstić information content (AvgIpc) is 2.91. The van der Waals surface area contributed by atoms with Crippen LogP contribution in [0.1, 0.15) is 32.1 Å². The third-order valence-corrected chi connectivity index (χ3v) is 5.84. The quantitative estimate of drug-likeness (QED) is 0.902. The van der Waals surface area contributed by atoms with E-state index >= 15 is 0 Å². The fourth-order valence-electron chi connectivity index (χ4n) is 2.74. The van der Waals surface area contributed by atoms with Crippen molar-refractivity contribution in [2.45, 2.75) is 36.9 Å². The summed E-state index contributed by atoms with van der Waals surface area (Å²) in [5.41, 5.74) is 0. The molecule has 1 saturated heterocycles. The van der Waals surface area contributed by atoms with Crippen molar-refractivity contribution in [2.75, 3.05) is 36.1 Å². The van der Waals surface area contributed by atoms with Gasteiger partial charge in [0.05, 0.1) is 0 Å². The van der Waals surface area contributed by atoms with Gasteiger partial charge in [-0.15, -0.1) is 0 Å². The van der Waals surface area contributed by atoms with Crippen molar-refractivity contribution >= 4 is 35.3 Å². The lowest BCUT2D eigenvalue weighted by Crippen LogP contribution is -2.40. The summed E-state index contributed by atoms with van der Waals surface area (Å²) < 4.78 is 0.354. The number of hydrogen-bond donors (Lipinski definition) is 1. The molecule has 2 heterocycles. The average molecular weight is 314 g/mol. The molecule has 2 fully saturated rings. The third kappa shape index (κ3) is 2.96. The molecule has 1 aromatic rings. The molecular formula is C13H20ClN5S. The zero-order valence-electron chi connectivity index (χ0n) is 11.7. The molecule has 0 atom stereocenters.